The first-order valence-corrected chi connectivity index (χ1v) is 11.7. The summed E-state index contributed by atoms with van der Waals surface area (Å²) < 4.78 is 27.6. The predicted octanol–water partition coefficient (Wildman–Crippen LogP) is 1.98. The molecule has 0 spiro atoms. The maximum Gasteiger partial charge on any atom is 0.280 e. The lowest BCUT2D eigenvalue weighted by molar-refractivity contribution is -0.137. The Morgan fingerprint density at radius 1 is 0.906 bits per heavy atom. The fraction of sp³-hybridized carbons (Fsp3) is 0.261. The third-order valence-corrected chi connectivity index (χ3v) is 8.31. The number of carbonyl (C=O) groups excluding carboxylic acids is 3. The minimum absolute atomic E-state index is 0.0606. The van der Waals surface area contributed by atoms with Gasteiger partial charge in [-0.05, 0) is 37.6 Å². The van der Waals surface area contributed by atoms with Crippen LogP contribution in [0, 0.1) is 12.8 Å². The number of imide groups is 1. The van der Waals surface area contributed by atoms with Gasteiger partial charge >= 0.3 is 0 Å². The lowest BCUT2D eigenvalue weighted by Gasteiger charge is -2.38. The van der Waals surface area contributed by atoms with Gasteiger partial charge in [0.15, 0.2) is 0 Å². The molecule has 0 radical (unpaired) electrons. The molecule has 5 rings (SSSR count). The van der Waals surface area contributed by atoms with Gasteiger partial charge in [0.2, 0.25) is 10.0 Å². The van der Waals surface area contributed by atoms with E-state index in [4.69, 9.17) is 0 Å². The van der Waals surface area contributed by atoms with Crippen LogP contribution in [0.3, 0.4) is 0 Å². The molecule has 3 aliphatic heterocycles. The Hall–Kier alpha value is -3.30. The highest BCUT2D eigenvalue weighted by atomic mass is 32.2. The van der Waals surface area contributed by atoms with E-state index in [1.54, 1.807) is 48.5 Å². The van der Waals surface area contributed by atoms with Crippen molar-refractivity contribution in [3.63, 3.8) is 0 Å². The van der Waals surface area contributed by atoms with Crippen LogP contribution < -0.4 is 0 Å². The first kappa shape index (κ1) is 20.6. The van der Waals surface area contributed by atoms with Gasteiger partial charge in [0, 0.05) is 24.6 Å². The number of benzene rings is 2. The summed E-state index contributed by atoms with van der Waals surface area (Å²) in [6.07, 6.45) is 0.286. The fourth-order valence-corrected chi connectivity index (χ4v) is 6.17. The summed E-state index contributed by atoms with van der Waals surface area (Å²) in [6, 6.07) is 12.5. The van der Waals surface area contributed by atoms with Crippen molar-refractivity contribution in [3.05, 3.63) is 77.4 Å². The van der Waals surface area contributed by atoms with Gasteiger partial charge < -0.3 is 0 Å². The van der Waals surface area contributed by atoms with E-state index >= 15 is 0 Å². The molecule has 0 N–H and O–H groups in total. The summed E-state index contributed by atoms with van der Waals surface area (Å²) in [4.78, 5) is 39.1. The molecule has 32 heavy (non-hydrogen) atoms. The second-order valence-corrected chi connectivity index (χ2v) is 10.2. The predicted molar refractivity (Wildman–Crippen MR) is 115 cm³/mol. The average Bonchev–Trinajstić information content (AvgIpc) is 3.18. The van der Waals surface area contributed by atoms with E-state index in [-0.39, 0.29) is 41.1 Å². The first-order valence-electron chi connectivity index (χ1n) is 10.3. The lowest BCUT2D eigenvalue weighted by Crippen LogP contribution is -2.55. The number of rotatable bonds is 3. The zero-order valence-electron chi connectivity index (χ0n) is 17.4. The Kier molecular flexibility index (Phi) is 4.58. The van der Waals surface area contributed by atoms with Gasteiger partial charge in [-0.3, -0.25) is 14.4 Å². The lowest BCUT2D eigenvalue weighted by atomic mass is 9.91. The van der Waals surface area contributed by atoms with Crippen LogP contribution in [0.5, 0.6) is 0 Å². The summed E-state index contributed by atoms with van der Waals surface area (Å²) in [5, 5.41) is 2.08. The highest BCUT2D eigenvalue weighted by Crippen LogP contribution is 2.40. The molecule has 3 heterocycles. The summed E-state index contributed by atoms with van der Waals surface area (Å²) in [7, 11) is -3.75. The van der Waals surface area contributed by atoms with Crippen LogP contribution >= 0.6 is 0 Å². The molecule has 0 saturated carbocycles. The van der Waals surface area contributed by atoms with E-state index in [1.807, 2.05) is 6.92 Å². The Morgan fingerprint density at radius 3 is 2.09 bits per heavy atom. The number of amides is 3. The molecule has 0 unspecified atom stereocenters. The van der Waals surface area contributed by atoms with E-state index < -0.39 is 39.7 Å². The van der Waals surface area contributed by atoms with E-state index in [0.717, 1.165) is 10.6 Å². The summed E-state index contributed by atoms with van der Waals surface area (Å²) in [5.41, 5.74) is 1.65. The second kappa shape index (κ2) is 7.11. The number of sulfonamides is 1. The fourth-order valence-electron chi connectivity index (χ4n) is 4.69. The topological polar surface area (TPSA) is 95.1 Å². The molecule has 2 atom stereocenters. The van der Waals surface area contributed by atoms with Crippen LogP contribution in [-0.4, -0.2) is 59.6 Å². The molecule has 0 aromatic heterocycles. The third-order valence-electron chi connectivity index (χ3n) is 6.43. The molecule has 3 aliphatic rings. The quantitative estimate of drug-likeness (QED) is 0.525. The van der Waals surface area contributed by atoms with Gasteiger partial charge in [-0.1, -0.05) is 36.4 Å². The number of fused-ring (bicyclic) bond motifs is 2. The monoisotopic (exact) mass is 451 g/mol. The van der Waals surface area contributed by atoms with Crippen LogP contribution in [0.4, 0.5) is 0 Å². The molecule has 2 fully saturated rings. The zero-order valence-corrected chi connectivity index (χ0v) is 18.2. The Morgan fingerprint density at radius 2 is 1.50 bits per heavy atom. The summed E-state index contributed by atoms with van der Waals surface area (Å²) >= 11 is 0. The van der Waals surface area contributed by atoms with Gasteiger partial charge in [0.25, 0.3) is 17.7 Å². The number of carbonyl (C=O) groups is 3. The van der Waals surface area contributed by atoms with E-state index in [1.165, 1.54) is 9.31 Å². The van der Waals surface area contributed by atoms with Crippen molar-refractivity contribution in [1.29, 1.82) is 0 Å². The molecule has 8 nitrogen and oxygen atoms in total. The van der Waals surface area contributed by atoms with Crippen LogP contribution in [0.25, 0.3) is 0 Å². The molecule has 0 aliphatic carbocycles. The van der Waals surface area contributed by atoms with Crippen LogP contribution in [0.15, 0.2) is 65.6 Å². The SMILES string of the molecule is C=C1C(=O)N(N2C(=O)c3ccccc3C2=O)[C@@H]2CCN(S(=O)(=O)c3ccc(C)cc3)C[C@H]12. The number of hydrogen-bond acceptors (Lipinski definition) is 5. The molecule has 164 valence electrons. The van der Waals surface area contributed by atoms with Gasteiger partial charge in [-0.2, -0.15) is 9.31 Å². The van der Waals surface area contributed by atoms with Gasteiger partial charge in [-0.15, -0.1) is 0 Å². The van der Waals surface area contributed by atoms with E-state index in [9.17, 15) is 22.8 Å². The van der Waals surface area contributed by atoms with Crippen LogP contribution in [0.2, 0.25) is 0 Å². The highest BCUT2D eigenvalue weighted by molar-refractivity contribution is 7.89. The molecule has 2 aromatic carbocycles. The number of piperidine rings is 1. The number of hydrazine groups is 1. The van der Waals surface area contributed by atoms with E-state index in [2.05, 4.69) is 6.58 Å². The minimum atomic E-state index is -3.75. The molecule has 0 bridgehead atoms. The number of nitrogens with zero attached hydrogens (tertiary/aromatic N) is 3. The van der Waals surface area contributed by atoms with Gasteiger partial charge in [-0.25, -0.2) is 13.4 Å². The molecule has 2 saturated heterocycles. The molecule has 2 aromatic rings. The maximum atomic E-state index is 13.1. The number of aryl methyl sites for hydroxylation is 1. The maximum absolute atomic E-state index is 13.1. The van der Waals surface area contributed by atoms with Gasteiger partial charge in [0.1, 0.15) is 0 Å². The first-order chi connectivity index (χ1) is 15.2. The highest BCUT2D eigenvalue weighted by Gasteiger charge is 2.54. The summed E-state index contributed by atoms with van der Waals surface area (Å²) in [6.45, 7) is 5.98. The van der Waals surface area contributed by atoms with Crippen LogP contribution in [-0.2, 0) is 14.8 Å². The Balaban J connectivity index is 1.44. The van der Waals surface area contributed by atoms with Gasteiger partial charge in [0.05, 0.1) is 22.1 Å². The molecule has 3 amide bonds. The largest absolute Gasteiger partial charge is 0.280 e. The van der Waals surface area contributed by atoms with Crippen molar-refractivity contribution in [3.8, 4) is 0 Å². The van der Waals surface area contributed by atoms with Crippen molar-refractivity contribution in [2.24, 2.45) is 5.92 Å². The summed E-state index contributed by atoms with van der Waals surface area (Å²) in [5.74, 6) is -2.14. The smallest absolute Gasteiger partial charge is 0.268 e. The third kappa shape index (κ3) is 2.85. The van der Waals surface area contributed by atoms with Crippen molar-refractivity contribution in [2.75, 3.05) is 13.1 Å². The Labute approximate surface area is 185 Å². The zero-order chi connectivity index (χ0) is 22.8. The van der Waals surface area contributed by atoms with Crippen molar-refractivity contribution in [2.45, 2.75) is 24.3 Å². The molecular formula is C23H21N3O5S. The second-order valence-electron chi connectivity index (χ2n) is 8.28. The standard InChI is InChI=1S/C23H21N3O5S/c1-14-7-9-16(10-8-14)32(30,31)24-12-11-20-19(13-24)15(2)21(27)25(20)26-22(28)17-5-3-4-6-18(17)23(26)29/h3-10,19-20H,2,11-13H2,1H3/t19-,20-/m1/s1. The van der Waals surface area contributed by atoms with Crippen molar-refractivity contribution in [1.82, 2.24) is 14.3 Å². The van der Waals surface area contributed by atoms with Crippen molar-refractivity contribution >= 4 is 27.7 Å². The van der Waals surface area contributed by atoms with E-state index in [0.29, 0.717) is 0 Å². The average molecular weight is 452 g/mol. The molecular weight excluding hydrogens is 430 g/mol. The number of hydrogen-bond donors (Lipinski definition) is 0. The van der Waals surface area contributed by atoms with Crippen molar-refractivity contribution < 1.29 is 22.8 Å². The van der Waals surface area contributed by atoms with Crippen LogP contribution in [0.1, 0.15) is 32.7 Å². The minimum Gasteiger partial charge on any atom is -0.268 e. The normalized spacial score (nSPS) is 23.7. The molecule has 9 heteroatoms. The Bertz CT molecular complexity index is 1250.